The molecule has 3 rings (SSSR count). The quantitative estimate of drug-likeness (QED) is 0.831. The summed E-state index contributed by atoms with van der Waals surface area (Å²) in [6, 6.07) is 9.41. The van der Waals surface area contributed by atoms with Gasteiger partial charge >= 0.3 is 0 Å². The molecule has 0 amide bonds. The lowest BCUT2D eigenvalue weighted by Crippen LogP contribution is -2.24. The minimum absolute atomic E-state index is 0.318. The maximum Gasteiger partial charge on any atom is 0.0476 e. The summed E-state index contributed by atoms with van der Waals surface area (Å²) in [6.07, 6.45) is 3.78. The molecule has 1 aromatic carbocycles. The second-order valence-electron chi connectivity index (χ2n) is 5.57. The summed E-state index contributed by atoms with van der Waals surface area (Å²) >= 11 is 0. The van der Waals surface area contributed by atoms with E-state index in [9.17, 15) is 5.11 Å². The third-order valence-corrected chi connectivity index (χ3v) is 4.03. The highest BCUT2D eigenvalue weighted by Gasteiger charge is 2.24. The van der Waals surface area contributed by atoms with Gasteiger partial charge in [0.25, 0.3) is 0 Å². The van der Waals surface area contributed by atoms with Crippen molar-refractivity contribution in [3.05, 3.63) is 29.8 Å². The van der Waals surface area contributed by atoms with Crippen molar-refractivity contribution in [1.29, 1.82) is 0 Å². The van der Waals surface area contributed by atoms with Crippen LogP contribution in [0, 0.1) is 5.92 Å². The molecule has 1 atom stereocenters. The maximum atomic E-state index is 9.25. The first-order chi connectivity index (χ1) is 8.86. The van der Waals surface area contributed by atoms with E-state index < -0.39 is 0 Å². The van der Waals surface area contributed by atoms with Gasteiger partial charge in [0.05, 0.1) is 0 Å². The van der Waals surface area contributed by atoms with Gasteiger partial charge in [0, 0.05) is 43.9 Å². The molecule has 3 nitrogen and oxygen atoms in total. The number of nitrogens with one attached hydrogen (secondary N) is 1. The number of aliphatic hydroxyl groups excluding tert-OH is 1. The third kappa shape index (κ3) is 2.68. The average Bonchev–Trinajstić information content (AvgIpc) is 3.12. The molecule has 0 radical (unpaired) electrons. The van der Waals surface area contributed by atoms with Crippen LogP contribution in [0.15, 0.2) is 24.3 Å². The molecule has 98 valence electrons. The van der Waals surface area contributed by atoms with E-state index in [0.717, 1.165) is 32.1 Å². The normalized spacial score (nSPS) is 23.6. The van der Waals surface area contributed by atoms with Crippen LogP contribution in [0.1, 0.15) is 24.8 Å². The topological polar surface area (TPSA) is 35.5 Å². The van der Waals surface area contributed by atoms with Gasteiger partial charge in [-0.15, -0.1) is 0 Å². The highest BCUT2D eigenvalue weighted by molar-refractivity contribution is 5.54. The van der Waals surface area contributed by atoms with E-state index in [0.29, 0.717) is 12.5 Å². The fourth-order valence-electron chi connectivity index (χ4n) is 2.71. The summed E-state index contributed by atoms with van der Waals surface area (Å²) in [5.41, 5.74) is 2.74. The molecule has 1 saturated carbocycles. The fourth-order valence-corrected chi connectivity index (χ4v) is 2.71. The Balaban J connectivity index is 1.69. The fraction of sp³-hybridized carbons (Fsp3) is 0.600. The summed E-state index contributed by atoms with van der Waals surface area (Å²) in [4.78, 5) is 2.42. The Bertz CT molecular complexity index is 403. The molecule has 0 bridgehead atoms. The SMILES string of the molecule is OCC1CCN(c2ccccc2CNC2CC2)C1. The van der Waals surface area contributed by atoms with Gasteiger partial charge in [-0.05, 0) is 30.9 Å². The Labute approximate surface area is 109 Å². The number of anilines is 1. The van der Waals surface area contributed by atoms with Crippen LogP contribution in [-0.2, 0) is 6.54 Å². The lowest BCUT2D eigenvalue weighted by molar-refractivity contribution is 0.238. The second-order valence-corrected chi connectivity index (χ2v) is 5.57. The smallest absolute Gasteiger partial charge is 0.0476 e. The van der Waals surface area contributed by atoms with Crippen molar-refractivity contribution in [2.45, 2.75) is 31.8 Å². The predicted octanol–water partition coefficient (Wildman–Crippen LogP) is 1.76. The van der Waals surface area contributed by atoms with Crippen LogP contribution in [0.3, 0.4) is 0 Å². The summed E-state index contributed by atoms with van der Waals surface area (Å²) in [6.45, 7) is 3.36. The first kappa shape index (κ1) is 12.0. The predicted molar refractivity (Wildman–Crippen MR) is 73.7 cm³/mol. The van der Waals surface area contributed by atoms with Gasteiger partial charge in [0.2, 0.25) is 0 Å². The number of para-hydroxylation sites is 1. The molecule has 1 aliphatic carbocycles. The van der Waals surface area contributed by atoms with Crippen molar-refractivity contribution in [1.82, 2.24) is 5.32 Å². The molecule has 1 aromatic rings. The number of aliphatic hydroxyl groups is 1. The summed E-state index contributed by atoms with van der Waals surface area (Å²) in [5.74, 6) is 0.453. The minimum Gasteiger partial charge on any atom is -0.396 e. The molecular formula is C15H22N2O. The van der Waals surface area contributed by atoms with Gasteiger partial charge in [-0.25, -0.2) is 0 Å². The van der Waals surface area contributed by atoms with Gasteiger partial charge in [-0.1, -0.05) is 18.2 Å². The van der Waals surface area contributed by atoms with Gasteiger partial charge in [-0.2, -0.15) is 0 Å². The molecule has 0 spiro atoms. The highest BCUT2D eigenvalue weighted by atomic mass is 16.3. The van der Waals surface area contributed by atoms with Crippen molar-refractivity contribution in [3.63, 3.8) is 0 Å². The van der Waals surface area contributed by atoms with Gasteiger partial charge in [0.1, 0.15) is 0 Å². The Morgan fingerprint density at radius 1 is 1.22 bits per heavy atom. The first-order valence-electron chi connectivity index (χ1n) is 7.04. The summed E-state index contributed by atoms with van der Waals surface area (Å²) < 4.78 is 0. The van der Waals surface area contributed by atoms with E-state index in [1.54, 1.807) is 0 Å². The van der Waals surface area contributed by atoms with Crippen molar-refractivity contribution in [2.75, 3.05) is 24.6 Å². The maximum absolute atomic E-state index is 9.25. The van der Waals surface area contributed by atoms with Crippen LogP contribution in [0.5, 0.6) is 0 Å². The molecule has 3 heteroatoms. The number of hydrogen-bond donors (Lipinski definition) is 2. The third-order valence-electron chi connectivity index (χ3n) is 4.03. The molecule has 1 unspecified atom stereocenters. The minimum atomic E-state index is 0.318. The van der Waals surface area contributed by atoms with E-state index in [2.05, 4.69) is 34.5 Å². The van der Waals surface area contributed by atoms with E-state index >= 15 is 0 Å². The van der Waals surface area contributed by atoms with Crippen LogP contribution in [-0.4, -0.2) is 30.8 Å². The summed E-state index contributed by atoms with van der Waals surface area (Å²) in [5, 5.41) is 12.8. The molecule has 1 heterocycles. The molecule has 1 aliphatic heterocycles. The van der Waals surface area contributed by atoms with Crippen LogP contribution >= 0.6 is 0 Å². The molecule has 2 fully saturated rings. The molecule has 2 N–H and O–H groups in total. The monoisotopic (exact) mass is 246 g/mol. The van der Waals surface area contributed by atoms with Gasteiger partial charge in [0.15, 0.2) is 0 Å². The number of nitrogens with zero attached hydrogens (tertiary/aromatic N) is 1. The van der Waals surface area contributed by atoms with Crippen molar-refractivity contribution in [2.24, 2.45) is 5.92 Å². The molecule has 2 aliphatic rings. The lowest BCUT2D eigenvalue weighted by atomic mass is 10.1. The van der Waals surface area contributed by atoms with E-state index in [1.165, 1.54) is 24.1 Å². The van der Waals surface area contributed by atoms with E-state index in [4.69, 9.17) is 0 Å². The van der Waals surface area contributed by atoms with Crippen LogP contribution in [0.4, 0.5) is 5.69 Å². The van der Waals surface area contributed by atoms with Crippen LogP contribution in [0.25, 0.3) is 0 Å². The lowest BCUT2D eigenvalue weighted by Gasteiger charge is -2.22. The zero-order valence-corrected chi connectivity index (χ0v) is 10.8. The number of benzene rings is 1. The molecule has 1 saturated heterocycles. The standard InChI is InChI=1S/C15H22N2O/c18-11-12-7-8-17(10-12)15-4-2-1-3-13(15)9-16-14-5-6-14/h1-4,12,14,16,18H,5-11H2. The largest absolute Gasteiger partial charge is 0.396 e. The second kappa shape index (κ2) is 5.29. The van der Waals surface area contributed by atoms with Crippen molar-refractivity contribution < 1.29 is 5.11 Å². The number of rotatable bonds is 5. The summed E-state index contributed by atoms with van der Waals surface area (Å²) in [7, 11) is 0. The number of hydrogen-bond acceptors (Lipinski definition) is 3. The zero-order chi connectivity index (χ0) is 12.4. The molecular weight excluding hydrogens is 224 g/mol. The van der Waals surface area contributed by atoms with Crippen molar-refractivity contribution in [3.8, 4) is 0 Å². The Morgan fingerprint density at radius 3 is 2.78 bits per heavy atom. The average molecular weight is 246 g/mol. The van der Waals surface area contributed by atoms with Crippen LogP contribution < -0.4 is 10.2 Å². The van der Waals surface area contributed by atoms with Crippen molar-refractivity contribution >= 4 is 5.69 Å². The first-order valence-corrected chi connectivity index (χ1v) is 7.04. The van der Waals surface area contributed by atoms with E-state index in [-0.39, 0.29) is 0 Å². The Hall–Kier alpha value is -1.06. The van der Waals surface area contributed by atoms with Gasteiger partial charge < -0.3 is 15.3 Å². The Kier molecular flexibility index (Phi) is 3.52. The molecule has 18 heavy (non-hydrogen) atoms. The van der Waals surface area contributed by atoms with E-state index in [1.807, 2.05) is 0 Å². The van der Waals surface area contributed by atoms with Crippen LogP contribution in [0.2, 0.25) is 0 Å². The Morgan fingerprint density at radius 2 is 2.06 bits per heavy atom. The zero-order valence-electron chi connectivity index (χ0n) is 10.8. The van der Waals surface area contributed by atoms with Gasteiger partial charge in [-0.3, -0.25) is 0 Å². The highest BCUT2D eigenvalue weighted by Crippen LogP contribution is 2.28. The molecule has 0 aromatic heterocycles.